The van der Waals surface area contributed by atoms with Gasteiger partial charge in [0.15, 0.2) is 0 Å². The van der Waals surface area contributed by atoms with E-state index in [1.54, 1.807) is 0 Å². The number of aromatic nitrogens is 2. The molecule has 21 heavy (non-hydrogen) atoms. The number of benzene rings is 2. The molecule has 0 bridgehead atoms. The fraction of sp³-hybridized carbons (Fsp3) is 0.278. The average Bonchev–Trinajstić information content (AvgIpc) is 3.01. The lowest BCUT2D eigenvalue weighted by atomic mass is 10.0. The van der Waals surface area contributed by atoms with Crippen molar-refractivity contribution in [3.05, 3.63) is 66.0 Å². The zero-order valence-electron chi connectivity index (χ0n) is 12.6. The quantitative estimate of drug-likeness (QED) is 0.767. The van der Waals surface area contributed by atoms with Gasteiger partial charge < -0.3 is 5.32 Å². The summed E-state index contributed by atoms with van der Waals surface area (Å²) in [6.07, 6.45) is 4.06. The minimum absolute atomic E-state index is 0.296. The van der Waals surface area contributed by atoms with Crippen molar-refractivity contribution in [1.29, 1.82) is 0 Å². The Morgan fingerprint density at radius 3 is 2.76 bits per heavy atom. The van der Waals surface area contributed by atoms with Crippen molar-refractivity contribution in [3.8, 4) is 0 Å². The molecule has 0 radical (unpaired) electrons. The molecule has 0 aliphatic carbocycles. The van der Waals surface area contributed by atoms with E-state index in [9.17, 15) is 0 Å². The third kappa shape index (κ3) is 2.98. The maximum Gasteiger partial charge on any atom is 0.0537 e. The van der Waals surface area contributed by atoms with Crippen LogP contribution in [0.1, 0.15) is 31.0 Å². The van der Waals surface area contributed by atoms with Crippen LogP contribution < -0.4 is 5.32 Å². The zero-order chi connectivity index (χ0) is 14.7. The van der Waals surface area contributed by atoms with Gasteiger partial charge in [-0.15, -0.1) is 0 Å². The molecule has 3 heteroatoms. The summed E-state index contributed by atoms with van der Waals surface area (Å²) in [5.74, 6) is 0. The third-order valence-electron chi connectivity index (χ3n) is 3.96. The van der Waals surface area contributed by atoms with Crippen LogP contribution in [0.25, 0.3) is 10.8 Å². The number of hydrogen-bond donors (Lipinski definition) is 1. The van der Waals surface area contributed by atoms with Gasteiger partial charge in [0.25, 0.3) is 0 Å². The van der Waals surface area contributed by atoms with Crippen molar-refractivity contribution >= 4 is 10.8 Å². The van der Waals surface area contributed by atoms with Gasteiger partial charge in [0.1, 0.15) is 0 Å². The maximum atomic E-state index is 4.34. The molecule has 108 valence electrons. The lowest BCUT2D eigenvalue weighted by Gasteiger charge is -2.13. The summed E-state index contributed by atoms with van der Waals surface area (Å²) in [6, 6.07) is 15.3. The van der Waals surface area contributed by atoms with E-state index in [1.807, 2.05) is 10.9 Å². The molecular weight excluding hydrogens is 258 g/mol. The van der Waals surface area contributed by atoms with Gasteiger partial charge in [0, 0.05) is 30.9 Å². The number of fused-ring (bicyclic) bond motifs is 1. The molecule has 1 N–H and O–H groups in total. The molecule has 0 amide bonds. The summed E-state index contributed by atoms with van der Waals surface area (Å²) in [4.78, 5) is 0. The molecule has 1 heterocycles. The molecule has 0 aliphatic heterocycles. The highest BCUT2D eigenvalue weighted by molar-refractivity contribution is 5.85. The van der Waals surface area contributed by atoms with E-state index in [4.69, 9.17) is 0 Å². The maximum absolute atomic E-state index is 4.34. The third-order valence-corrected chi connectivity index (χ3v) is 3.96. The average molecular weight is 279 g/mol. The van der Waals surface area contributed by atoms with Crippen LogP contribution in [0.2, 0.25) is 0 Å². The summed E-state index contributed by atoms with van der Waals surface area (Å²) in [7, 11) is 0. The second-order valence-electron chi connectivity index (χ2n) is 5.37. The Morgan fingerprint density at radius 2 is 1.95 bits per heavy atom. The van der Waals surface area contributed by atoms with Crippen molar-refractivity contribution in [1.82, 2.24) is 15.1 Å². The Labute approximate surface area is 125 Å². The molecule has 3 nitrogen and oxygen atoms in total. The lowest BCUT2D eigenvalue weighted by Crippen LogP contribution is -2.17. The van der Waals surface area contributed by atoms with Crippen molar-refractivity contribution in [2.75, 3.05) is 0 Å². The number of rotatable bonds is 5. The van der Waals surface area contributed by atoms with E-state index in [1.165, 1.54) is 21.9 Å². The van der Waals surface area contributed by atoms with E-state index < -0.39 is 0 Å². The number of nitrogens with one attached hydrogen (secondary N) is 1. The van der Waals surface area contributed by atoms with Gasteiger partial charge in [-0.05, 0) is 30.2 Å². The highest BCUT2D eigenvalue weighted by atomic mass is 15.3. The van der Waals surface area contributed by atoms with Crippen molar-refractivity contribution in [2.45, 2.75) is 33.0 Å². The van der Waals surface area contributed by atoms with Crippen LogP contribution in [0.3, 0.4) is 0 Å². The first kappa shape index (κ1) is 13.8. The van der Waals surface area contributed by atoms with Gasteiger partial charge >= 0.3 is 0 Å². The first-order chi connectivity index (χ1) is 10.3. The smallest absolute Gasteiger partial charge is 0.0537 e. The molecule has 1 unspecified atom stereocenters. The van der Waals surface area contributed by atoms with Gasteiger partial charge in [-0.2, -0.15) is 5.10 Å². The molecule has 1 atom stereocenters. The fourth-order valence-corrected chi connectivity index (χ4v) is 2.60. The molecule has 0 saturated heterocycles. The summed E-state index contributed by atoms with van der Waals surface area (Å²) in [6.45, 7) is 6.06. The molecule has 0 aliphatic rings. The Kier molecular flexibility index (Phi) is 4.02. The summed E-state index contributed by atoms with van der Waals surface area (Å²) in [5, 5.41) is 10.5. The first-order valence-corrected chi connectivity index (χ1v) is 7.50. The molecule has 0 spiro atoms. The monoisotopic (exact) mass is 279 g/mol. The summed E-state index contributed by atoms with van der Waals surface area (Å²) in [5.41, 5.74) is 2.57. The Hall–Kier alpha value is -2.13. The molecule has 2 aromatic carbocycles. The van der Waals surface area contributed by atoms with Crippen LogP contribution in [0.15, 0.2) is 54.9 Å². The number of nitrogens with zero attached hydrogens (tertiary/aromatic N) is 2. The standard InChI is InChI=1S/C18H21N3/c1-3-21-13-17(12-20-21)14(2)19-11-16-9-6-8-15-7-4-5-10-18(15)16/h4-10,12-14,19H,3,11H2,1-2H3. The largest absolute Gasteiger partial charge is 0.306 e. The predicted octanol–water partition coefficient (Wildman–Crippen LogP) is 3.91. The molecule has 0 saturated carbocycles. The fourth-order valence-electron chi connectivity index (χ4n) is 2.60. The number of aryl methyl sites for hydroxylation is 1. The minimum atomic E-state index is 0.296. The predicted molar refractivity (Wildman–Crippen MR) is 87.1 cm³/mol. The van der Waals surface area contributed by atoms with Crippen LogP contribution in [-0.2, 0) is 13.1 Å². The van der Waals surface area contributed by atoms with Gasteiger partial charge in [-0.3, -0.25) is 4.68 Å². The van der Waals surface area contributed by atoms with Crippen LogP contribution in [0.4, 0.5) is 0 Å². The van der Waals surface area contributed by atoms with Gasteiger partial charge in [-0.25, -0.2) is 0 Å². The second-order valence-corrected chi connectivity index (χ2v) is 5.37. The molecular formula is C18H21N3. The molecule has 3 rings (SSSR count). The van der Waals surface area contributed by atoms with Crippen molar-refractivity contribution in [2.24, 2.45) is 0 Å². The van der Waals surface area contributed by atoms with E-state index in [0.29, 0.717) is 6.04 Å². The van der Waals surface area contributed by atoms with Crippen LogP contribution >= 0.6 is 0 Å². The molecule has 0 fully saturated rings. The number of hydrogen-bond acceptors (Lipinski definition) is 2. The summed E-state index contributed by atoms with van der Waals surface area (Å²) < 4.78 is 1.96. The Morgan fingerprint density at radius 1 is 1.14 bits per heavy atom. The Bertz CT molecular complexity index is 725. The van der Waals surface area contributed by atoms with Crippen molar-refractivity contribution < 1.29 is 0 Å². The van der Waals surface area contributed by atoms with Gasteiger partial charge in [0.2, 0.25) is 0 Å². The lowest BCUT2D eigenvalue weighted by molar-refractivity contribution is 0.574. The van der Waals surface area contributed by atoms with E-state index in [0.717, 1.165) is 13.1 Å². The first-order valence-electron chi connectivity index (χ1n) is 7.50. The van der Waals surface area contributed by atoms with E-state index in [-0.39, 0.29) is 0 Å². The highest BCUT2D eigenvalue weighted by Gasteiger charge is 2.08. The van der Waals surface area contributed by atoms with Crippen LogP contribution in [-0.4, -0.2) is 9.78 Å². The second kappa shape index (κ2) is 6.10. The topological polar surface area (TPSA) is 29.9 Å². The summed E-state index contributed by atoms with van der Waals surface area (Å²) >= 11 is 0. The highest BCUT2D eigenvalue weighted by Crippen LogP contribution is 2.19. The van der Waals surface area contributed by atoms with E-state index in [2.05, 4.69) is 72.9 Å². The normalized spacial score (nSPS) is 12.7. The van der Waals surface area contributed by atoms with E-state index >= 15 is 0 Å². The van der Waals surface area contributed by atoms with Gasteiger partial charge in [-0.1, -0.05) is 42.5 Å². The van der Waals surface area contributed by atoms with Crippen LogP contribution in [0.5, 0.6) is 0 Å². The SMILES string of the molecule is CCn1cc(C(C)NCc2cccc3ccccc23)cn1. The van der Waals surface area contributed by atoms with Crippen molar-refractivity contribution in [3.63, 3.8) is 0 Å². The van der Waals surface area contributed by atoms with Gasteiger partial charge in [0.05, 0.1) is 6.20 Å². The van der Waals surface area contributed by atoms with Crippen LogP contribution in [0, 0.1) is 0 Å². The zero-order valence-corrected chi connectivity index (χ0v) is 12.6. The molecule has 3 aromatic rings. The Balaban J connectivity index is 1.74. The minimum Gasteiger partial charge on any atom is -0.306 e. The molecule has 1 aromatic heterocycles.